The molecule has 0 saturated heterocycles. The summed E-state index contributed by atoms with van der Waals surface area (Å²) < 4.78 is 83.3. The summed E-state index contributed by atoms with van der Waals surface area (Å²) in [5, 5.41) is 0. The van der Waals surface area contributed by atoms with Crippen LogP contribution >= 0.6 is 10.2 Å². The minimum atomic E-state index is -9.83. The maximum Gasteiger partial charge on any atom is 0.310 e. The minimum absolute atomic E-state index is 0.0945. The number of hydrogen-bond acceptors (Lipinski definition) is 4. The first kappa shape index (κ1) is 23.0. The normalized spacial score (nSPS) is 19.8. The Morgan fingerprint density at radius 1 is 1.06 bits per heavy atom. The van der Waals surface area contributed by atoms with Crippen molar-refractivity contribution in [3.63, 3.8) is 0 Å². The van der Waals surface area contributed by atoms with Crippen LogP contribution in [0.3, 0.4) is 0 Å². The molecule has 2 aliphatic rings. The zero-order valence-corrected chi connectivity index (χ0v) is 19.3. The molecule has 1 saturated carbocycles. The Morgan fingerprint density at radius 3 is 2.50 bits per heavy atom. The fourth-order valence-electron chi connectivity index (χ4n) is 5.02. The molecule has 6 nitrogen and oxygen atoms in total. The lowest BCUT2D eigenvalue weighted by molar-refractivity contribution is 0.0653. The highest BCUT2D eigenvalue weighted by Crippen LogP contribution is 3.02. The number of fused-ring (bicyclic) bond motifs is 4. The van der Waals surface area contributed by atoms with Crippen molar-refractivity contribution < 1.29 is 28.6 Å². The third kappa shape index (κ3) is 3.64. The van der Waals surface area contributed by atoms with Crippen LogP contribution in [0, 0.1) is 5.82 Å². The van der Waals surface area contributed by atoms with Crippen molar-refractivity contribution in [3.8, 4) is 0 Å². The minimum Gasteiger partial charge on any atom is -0.382 e. The van der Waals surface area contributed by atoms with E-state index < -0.39 is 32.9 Å². The molecule has 0 bridgehead atoms. The van der Waals surface area contributed by atoms with Crippen molar-refractivity contribution in [2.24, 2.45) is 0 Å². The maximum atomic E-state index is 15.2. The number of nitrogens with zero attached hydrogens (tertiary/aromatic N) is 4. The van der Waals surface area contributed by atoms with Gasteiger partial charge in [-0.1, -0.05) is 25.5 Å². The predicted octanol–water partition coefficient (Wildman–Crippen LogP) is 6.55. The van der Waals surface area contributed by atoms with Gasteiger partial charge in [0.05, 0.1) is 35.2 Å². The molecular weight excluding hydrogens is 508 g/mol. The van der Waals surface area contributed by atoms with Gasteiger partial charge in [-0.15, -0.1) is 0 Å². The number of amides is 1. The van der Waals surface area contributed by atoms with E-state index in [0.29, 0.717) is 41.6 Å². The van der Waals surface area contributed by atoms with E-state index in [2.05, 4.69) is 9.97 Å². The van der Waals surface area contributed by atoms with Gasteiger partial charge >= 0.3 is 10.2 Å². The Balaban J connectivity index is 1.42. The lowest BCUT2D eigenvalue weighted by Gasteiger charge is -2.40. The monoisotopic (exact) mass is 527 g/mol. The van der Waals surface area contributed by atoms with Crippen LogP contribution < -0.4 is 5.73 Å². The van der Waals surface area contributed by atoms with E-state index in [-0.39, 0.29) is 41.3 Å². The second-order valence-corrected chi connectivity index (χ2v) is 11.7. The number of carbonyl (C=O) groups excluding carboxylic acids is 1. The van der Waals surface area contributed by atoms with Gasteiger partial charge in [0.15, 0.2) is 0 Å². The van der Waals surface area contributed by atoms with E-state index in [1.165, 1.54) is 23.5 Å². The Labute approximate surface area is 200 Å². The molecule has 0 spiro atoms. The molecule has 13 heteroatoms. The van der Waals surface area contributed by atoms with E-state index in [0.717, 1.165) is 12.1 Å². The number of aryl methyl sites for hydroxylation is 1. The second-order valence-electron chi connectivity index (χ2n) is 9.29. The van der Waals surface area contributed by atoms with Crippen molar-refractivity contribution in [2.75, 3.05) is 5.73 Å². The van der Waals surface area contributed by atoms with Gasteiger partial charge < -0.3 is 10.6 Å². The first-order valence-electron chi connectivity index (χ1n) is 11.1. The van der Waals surface area contributed by atoms with Crippen LogP contribution in [0.15, 0.2) is 47.8 Å². The topological polar surface area (TPSA) is 76.5 Å². The molecule has 1 atom stereocenters. The van der Waals surface area contributed by atoms with E-state index >= 15 is 4.39 Å². The molecule has 36 heavy (non-hydrogen) atoms. The first-order valence-corrected chi connectivity index (χ1v) is 13.1. The number of benzene rings is 2. The molecule has 190 valence electrons. The summed E-state index contributed by atoms with van der Waals surface area (Å²) in [5.74, 6) is -1.30. The maximum absolute atomic E-state index is 15.2. The van der Waals surface area contributed by atoms with E-state index in [9.17, 15) is 24.2 Å². The zero-order valence-electron chi connectivity index (χ0n) is 18.5. The molecule has 2 aromatic heterocycles. The van der Waals surface area contributed by atoms with Crippen LogP contribution in [0.1, 0.15) is 46.8 Å². The average molecular weight is 527 g/mol. The quantitative estimate of drug-likeness (QED) is 0.305. The predicted molar refractivity (Wildman–Crippen MR) is 123 cm³/mol. The molecule has 2 N–H and O–H groups in total. The molecule has 1 fully saturated rings. The average Bonchev–Trinajstić information content (AvgIpc) is 3.31. The number of nitrogen functional groups attached to an aromatic ring is 1. The number of nitrogens with two attached hydrogens (primary N) is 1. The van der Waals surface area contributed by atoms with E-state index in [4.69, 9.17) is 5.73 Å². The van der Waals surface area contributed by atoms with Crippen molar-refractivity contribution in [3.05, 3.63) is 65.4 Å². The third-order valence-corrected chi connectivity index (χ3v) is 7.96. The summed E-state index contributed by atoms with van der Waals surface area (Å²) in [4.78, 5) is 21.4. The fraction of sp³-hybridized carbons (Fsp3) is 0.261. The van der Waals surface area contributed by atoms with Gasteiger partial charge in [0, 0.05) is 12.1 Å². The summed E-state index contributed by atoms with van der Waals surface area (Å²) in [5.41, 5.74) is 7.27. The highest BCUT2D eigenvalue weighted by Gasteiger charge is 2.65. The SMILES string of the molecule is Nc1nc2cc(F)c(C(=O)N(C3CC3)[C@@H]3CCc4cc(S(F)(F)(F)(F)F)ccc43)cc2n2cncc12. The fourth-order valence-corrected chi connectivity index (χ4v) is 5.71. The number of imidazole rings is 1. The lowest BCUT2D eigenvalue weighted by Crippen LogP contribution is -2.36. The van der Waals surface area contributed by atoms with Crippen molar-refractivity contribution in [2.45, 2.75) is 42.7 Å². The summed E-state index contributed by atoms with van der Waals surface area (Å²) in [7, 11) is -9.83. The first-order chi connectivity index (χ1) is 16.7. The van der Waals surface area contributed by atoms with Gasteiger partial charge in [-0.3, -0.25) is 9.20 Å². The Bertz CT molecular complexity index is 1600. The molecule has 2 aliphatic carbocycles. The summed E-state index contributed by atoms with van der Waals surface area (Å²) >= 11 is 0. The molecule has 0 unspecified atom stereocenters. The molecule has 4 aromatic rings. The number of rotatable bonds is 4. The Hall–Kier alpha value is -3.48. The van der Waals surface area contributed by atoms with Crippen molar-refractivity contribution >= 4 is 38.5 Å². The Kier molecular flexibility index (Phi) is 4.23. The van der Waals surface area contributed by atoms with Gasteiger partial charge in [-0.2, -0.15) is 0 Å². The van der Waals surface area contributed by atoms with Crippen LogP contribution in [0.4, 0.5) is 29.6 Å². The number of carbonyl (C=O) groups is 1. The second kappa shape index (κ2) is 6.64. The summed E-state index contributed by atoms with van der Waals surface area (Å²) in [6.07, 6.45) is 4.60. The molecule has 2 aromatic carbocycles. The molecule has 2 heterocycles. The standard InChI is InChI=1S/C23H19F6N5OS/c24-17-9-18-20(33-11-31-10-21(33)22(30)32-18)8-16(17)23(35)34(13-2-3-13)19-6-1-12-7-14(4-5-15(12)19)36(25,26,27,28)29/h4-5,7-11,13,19H,1-3,6H2,(H2,30,32)/t19-/m1/s1. The third-order valence-electron chi connectivity index (χ3n) is 6.81. The van der Waals surface area contributed by atoms with Crippen LogP contribution in [0.5, 0.6) is 0 Å². The smallest absolute Gasteiger partial charge is 0.310 e. The van der Waals surface area contributed by atoms with E-state index in [1.54, 1.807) is 4.40 Å². The molecule has 6 rings (SSSR count). The van der Waals surface area contributed by atoms with Crippen LogP contribution in [0.25, 0.3) is 16.6 Å². The van der Waals surface area contributed by atoms with Gasteiger partial charge in [0.1, 0.15) is 22.0 Å². The lowest BCUT2D eigenvalue weighted by atomic mass is 10.0. The summed E-state index contributed by atoms with van der Waals surface area (Å²) in [6, 6.07) is 3.45. The number of halogens is 6. The van der Waals surface area contributed by atoms with Crippen molar-refractivity contribution in [1.82, 2.24) is 19.3 Å². The molecular formula is C23H19F6N5OS. The summed E-state index contributed by atoms with van der Waals surface area (Å²) in [6.45, 7) is 0. The highest BCUT2D eigenvalue weighted by molar-refractivity contribution is 8.45. The highest BCUT2D eigenvalue weighted by atomic mass is 32.5. The Morgan fingerprint density at radius 2 is 1.81 bits per heavy atom. The molecule has 0 radical (unpaired) electrons. The van der Waals surface area contributed by atoms with Gasteiger partial charge in [0.2, 0.25) is 0 Å². The van der Waals surface area contributed by atoms with Crippen LogP contribution in [-0.4, -0.2) is 31.2 Å². The van der Waals surface area contributed by atoms with Gasteiger partial charge in [-0.05, 0) is 55.0 Å². The van der Waals surface area contributed by atoms with Gasteiger partial charge in [-0.25, -0.2) is 14.4 Å². The van der Waals surface area contributed by atoms with Crippen LogP contribution in [-0.2, 0) is 6.42 Å². The van der Waals surface area contributed by atoms with Crippen LogP contribution in [0.2, 0.25) is 0 Å². The zero-order chi connectivity index (χ0) is 25.7. The van der Waals surface area contributed by atoms with Gasteiger partial charge in [0.25, 0.3) is 5.91 Å². The number of anilines is 1. The largest absolute Gasteiger partial charge is 0.382 e. The number of aromatic nitrogens is 3. The van der Waals surface area contributed by atoms with Crippen molar-refractivity contribution in [1.29, 1.82) is 0 Å². The molecule has 0 aliphatic heterocycles. The number of hydrogen-bond donors (Lipinski definition) is 1. The molecule has 1 amide bonds. The van der Waals surface area contributed by atoms with E-state index in [1.807, 2.05) is 0 Å².